The van der Waals surface area contributed by atoms with Crippen LogP contribution in [0.25, 0.3) is 0 Å². The Bertz CT molecular complexity index is 958. The van der Waals surface area contributed by atoms with Gasteiger partial charge in [0.25, 0.3) is 0 Å². The second-order valence-corrected chi connectivity index (χ2v) is 9.16. The minimum atomic E-state index is -1.02. The summed E-state index contributed by atoms with van der Waals surface area (Å²) in [7, 11) is 0. The molecule has 160 valence electrons. The fourth-order valence-electron chi connectivity index (χ4n) is 4.07. The molecule has 1 aliphatic rings. The number of aryl methyl sites for hydroxylation is 1. The Morgan fingerprint density at radius 2 is 2.03 bits per heavy atom. The number of aliphatic carboxylic acids is 1. The molecule has 2 aromatic rings. The lowest BCUT2D eigenvalue weighted by Gasteiger charge is -2.42. The molecular weight excluding hydrogens is 468 g/mol. The highest BCUT2D eigenvalue weighted by atomic mass is 79.9. The summed E-state index contributed by atoms with van der Waals surface area (Å²) in [6, 6.07) is 11.7. The first-order chi connectivity index (χ1) is 14.2. The maximum absolute atomic E-state index is 11.1. The summed E-state index contributed by atoms with van der Waals surface area (Å²) < 4.78 is 13.1. The van der Waals surface area contributed by atoms with Crippen LogP contribution in [0.2, 0.25) is 5.02 Å². The number of ether oxygens (including phenoxy) is 2. The molecule has 0 amide bonds. The SMILES string of the molecule is C=C(C)[C@H]1C[C@H](c2ccccc2Cl)[C@@H](C)O[C@@H]1c1cc(Br)c(C)cc1OCC(=O)O. The molecule has 1 heterocycles. The average Bonchev–Trinajstić information content (AvgIpc) is 2.68. The van der Waals surface area contributed by atoms with Crippen molar-refractivity contribution in [3.63, 3.8) is 0 Å². The quantitative estimate of drug-likeness (QED) is 0.455. The van der Waals surface area contributed by atoms with Crippen molar-refractivity contribution in [2.45, 2.75) is 45.3 Å². The van der Waals surface area contributed by atoms with Crippen LogP contribution < -0.4 is 4.74 Å². The molecule has 4 atom stereocenters. The van der Waals surface area contributed by atoms with Gasteiger partial charge in [0.2, 0.25) is 0 Å². The minimum Gasteiger partial charge on any atom is -0.482 e. The van der Waals surface area contributed by atoms with Gasteiger partial charge < -0.3 is 14.6 Å². The number of hydrogen-bond acceptors (Lipinski definition) is 3. The Balaban J connectivity index is 2.00. The summed E-state index contributed by atoms with van der Waals surface area (Å²) >= 11 is 10.1. The number of carboxylic acids is 1. The first-order valence-corrected chi connectivity index (χ1v) is 11.1. The van der Waals surface area contributed by atoms with Crippen LogP contribution in [0.4, 0.5) is 0 Å². The smallest absolute Gasteiger partial charge is 0.341 e. The molecule has 0 radical (unpaired) electrons. The molecule has 1 saturated heterocycles. The number of hydrogen-bond donors (Lipinski definition) is 1. The van der Waals surface area contributed by atoms with E-state index in [1.165, 1.54) is 0 Å². The maximum Gasteiger partial charge on any atom is 0.341 e. The number of benzene rings is 2. The first-order valence-electron chi connectivity index (χ1n) is 9.89. The lowest BCUT2D eigenvalue weighted by atomic mass is 9.76. The van der Waals surface area contributed by atoms with Gasteiger partial charge in [0.15, 0.2) is 6.61 Å². The van der Waals surface area contributed by atoms with Crippen molar-refractivity contribution in [1.82, 2.24) is 0 Å². The Kier molecular flexibility index (Phi) is 7.27. The standard InChI is InChI=1S/C24H26BrClO4/c1-13(2)17-10-18(16-7-5-6-8-21(16)26)15(4)30-24(17)19-11-20(25)14(3)9-22(19)29-12-23(27)28/h5-9,11,15,17-18,24H,1,10,12H2,2-4H3,(H,27,28)/t15-,17-,18+,24+/m1/s1. The van der Waals surface area contributed by atoms with Crippen molar-refractivity contribution in [1.29, 1.82) is 0 Å². The van der Waals surface area contributed by atoms with E-state index in [0.717, 1.165) is 38.2 Å². The predicted molar refractivity (Wildman–Crippen MR) is 122 cm³/mol. The van der Waals surface area contributed by atoms with E-state index in [-0.39, 0.29) is 24.0 Å². The van der Waals surface area contributed by atoms with Gasteiger partial charge >= 0.3 is 5.97 Å². The van der Waals surface area contributed by atoms with E-state index >= 15 is 0 Å². The van der Waals surface area contributed by atoms with Gasteiger partial charge in [-0.3, -0.25) is 0 Å². The predicted octanol–water partition coefficient (Wildman–Crippen LogP) is 6.70. The molecule has 0 spiro atoms. The van der Waals surface area contributed by atoms with E-state index in [2.05, 4.69) is 29.4 Å². The van der Waals surface area contributed by atoms with Gasteiger partial charge in [-0.2, -0.15) is 0 Å². The lowest BCUT2D eigenvalue weighted by Crippen LogP contribution is -2.34. The second kappa shape index (κ2) is 9.54. The van der Waals surface area contributed by atoms with Crippen LogP contribution >= 0.6 is 27.5 Å². The molecule has 0 unspecified atom stereocenters. The summed E-state index contributed by atoms with van der Waals surface area (Å²) in [5.74, 6) is -0.328. The highest BCUT2D eigenvalue weighted by molar-refractivity contribution is 9.10. The van der Waals surface area contributed by atoms with E-state index in [9.17, 15) is 4.79 Å². The van der Waals surface area contributed by atoms with Crippen molar-refractivity contribution < 1.29 is 19.4 Å². The van der Waals surface area contributed by atoms with Gasteiger partial charge in [-0.1, -0.05) is 57.9 Å². The third kappa shape index (κ3) is 4.90. The molecule has 4 nitrogen and oxygen atoms in total. The summed E-state index contributed by atoms with van der Waals surface area (Å²) in [4.78, 5) is 11.1. The van der Waals surface area contributed by atoms with Crippen LogP contribution in [-0.4, -0.2) is 23.8 Å². The molecule has 1 N–H and O–H groups in total. The van der Waals surface area contributed by atoms with Gasteiger partial charge in [-0.25, -0.2) is 4.79 Å². The van der Waals surface area contributed by atoms with Crippen LogP contribution in [0.1, 0.15) is 49.0 Å². The first kappa shape index (κ1) is 22.9. The normalized spacial score (nSPS) is 23.8. The fraction of sp³-hybridized carbons (Fsp3) is 0.375. The van der Waals surface area contributed by atoms with Crippen LogP contribution in [0.15, 0.2) is 53.0 Å². The van der Waals surface area contributed by atoms with E-state index in [1.807, 2.05) is 50.2 Å². The van der Waals surface area contributed by atoms with Crippen molar-refractivity contribution in [3.8, 4) is 5.75 Å². The highest BCUT2D eigenvalue weighted by Crippen LogP contribution is 2.49. The summed E-state index contributed by atoms with van der Waals surface area (Å²) in [6.07, 6.45) is 0.448. The molecule has 0 aliphatic carbocycles. The van der Waals surface area contributed by atoms with E-state index < -0.39 is 12.6 Å². The average molecular weight is 494 g/mol. The zero-order valence-corrected chi connectivity index (χ0v) is 19.7. The molecule has 0 bridgehead atoms. The monoisotopic (exact) mass is 492 g/mol. The van der Waals surface area contributed by atoms with Crippen LogP contribution in [0.3, 0.4) is 0 Å². The molecular formula is C24H26BrClO4. The fourth-order valence-corrected chi connectivity index (χ4v) is 4.71. The van der Waals surface area contributed by atoms with Gasteiger partial charge in [-0.15, -0.1) is 0 Å². The Hall–Kier alpha value is -1.82. The number of carboxylic acid groups (broad SMARTS) is 1. The Morgan fingerprint density at radius 1 is 1.33 bits per heavy atom. The summed E-state index contributed by atoms with van der Waals surface area (Å²) in [6.45, 7) is 9.80. The number of halogens is 2. The van der Waals surface area contributed by atoms with Crippen LogP contribution in [-0.2, 0) is 9.53 Å². The van der Waals surface area contributed by atoms with Crippen molar-refractivity contribution in [3.05, 3.63) is 74.7 Å². The third-order valence-corrected chi connectivity index (χ3v) is 6.89. The second-order valence-electron chi connectivity index (χ2n) is 7.90. The van der Waals surface area contributed by atoms with E-state index in [4.69, 9.17) is 26.2 Å². The zero-order chi connectivity index (χ0) is 22.0. The molecule has 0 saturated carbocycles. The van der Waals surface area contributed by atoms with Gasteiger partial charge in [0, 0.05) is 26.9 Å². The molecule has 3 rings (SSSR count). The van der Waals surface area contributed by atoms with Gasteiger partial charge in [0.1, 0.15) is 5.75 Å². The topological polar surface area (TPSA) is 55.8 Å². The molecule has 1 fully saturated rings. The minimum absolute atomic E-state index is 0.0317. The van der Waals surface area contributed by atoms with Crippen LogP contribution in [0, 0.1) is 12.8 Å². The molecule has 30 heavy (non-hydrogen) atoms. The Labute approximate surface area is 191 Å². The Morgan fingerprint density at radius 3 is 2.67 bits per heavy atom. The largest absolute Gasteiger partial charge is 0.482 e. The van der Waals surface area contributed by atoms with Crippen LogP contribution in [0.5, 0.6) is 5.75 Å². The lowest BCUT2D eigenvalue weighted by molar-refractivity contribution is -0.139. The molecule has 6 heteroatoms. The van der Waals surface area contributed by atoms with Gasteiger partial charge in [-0.05, 0) is 56.5 Å². The molecule has 1 aliphatic heterocycles. The number of rotatable bonds is 6. The van der Waals surface area contributed by atoms with Crippen molar-refractivity contribution >= 4 is 33.5 Å². The van der Waals surface area contributed by atoms with Crippen molar-refractivity contribution in [2.24, 2.45) is 5.92 Å². The zero-order valence-electron chi connectivity index (χ0n) is 17.3. The number of carbonyl (C=O) groups is 1. The summed E-state index contributed by atoms with van der Waals surface area (Å²) in [5.41, 5.74) is 3.86. The maximum atomic E-state index is 11.1. The third-order valence-electron chi connectivity index (χ3n) is 5.69. The van der Waals surface area contributed by atoms with Crippen molar-refractivity contribution in [2.75, 3.05) is 6.61 Å². The van der Waals surface area contributed by atoms with E-state index in [1.54, 1.807) is 0 Å². The molecule has 0 aromatic heterocycles. The van der Waals surface area contributed by atoms with Gasteiger partial charge in [0.05, 0.1) is 12.2 Å². The van der Waals surface area contributed by atoms with E-state index in [0.29, 0.717) is 5.75 Å². The molecule has 2 aromatic carbocycles. The highest BCUT2D eigenvalue weighted by Gasteiger charge is 2.39. The summed E-state index contributed by atoms with van der Waals surface area (Å²) in [5, 5.41) is 9.81.